The van der Waals surface area contributed by atoms with Crippen LogP contribution in [0.2, 0.25) is 0 Å². The molecule has 0 spiro atoms. The van der Waals surface area contributed by atoms with E-state index in [-0.39, 0.29) is 44.6 Å². The molecule has 3 aliphatic rings. The van der Waals surface area contributed by atoms with E-state index in [0.717, 1.165) is 15.4 Å². The van der Waals surface area contributed by atoms with Crippen LogP contribution in [-0.4, -0.2) is 129 Å². The minimum Gasteiger partial charge on any atom is -0.461 e. The number of aromatic nitrogens is 2. The van der Waals surface area contributed by atoms with E-state index in [1.165, 1.54) is 18.3 Å². The molecule has 3 aromatic rings. The fraction of sp³-hybridized carbons (Fsp3) is 0.627. The number of likely N-dealkylation sites (N-methyl/N-ethyl adjacent to an activating group) is 1. The molecule has 3 aromatic heterocycles. The Morgan fingerprint density at radius 3 is 2.47 bits per heavy atom. The number of amides is 1. The number of carbonyl (C=O) groups is 3. The van der Waals surface area contributed by atoms with Crippen LogP contribution in [0, 0.1) is 29.6 Å². The summed E-state index contributed by atoms with van der Waals surface area (Å²) in [6.45, 7) is 14.5. The van der Waals surface area contributed by atoms with E-state index in [1.807, 2.05) is 95.6 Å². The number of alkyl halides is 1. The van der Waals surface area contributed by atoms with E-state index in [4.69, 9.17) is 44.1 Å². The maximum atomic E-state index is 14.6. The summed E-state index contributed by atoms with van der Waals surface area (Å²) in [5, 5.41) is 17.4. The second kappa shape index (κ2) is 24.2. The van der Waals surface area contributed by atoms with Crippen LogP contribution in [0.5, 0.6) is 0 Å². The van der Waals surface area contributed by atoms with Crippen molar-refractivity contribution in [3.05, 3.63) is 65.3 Å². The number of carbonyl (C=O) groups excluding carboxylic acids is 3. The molecule has 14 atom stereocenters. The molecular formula is C51H71IN6O11S. The highest BCUT2D eigenvalue weighted by atomic mass is 127. The Balaban J connectivity index is 1.50. The van der Waals surface area contributed by atoms with E-state index in [9.17, 15) is 19.5 Å². The number of halogens is 1. The highest BCUT2D eigenvalue weighted by Crippen LogP contribution is 2.44. The number of nitrogens with zero attached hydrogens (tertiary/aromatic N) is 5. The Hall–Kier alpha value is -3.96. The first-order chi connectivity index (χ1) is 33.1. The van der Waals surface area contributed by atoms with Crippen LogP contribution in [0.1, 0.15) is 91.6 Å². The first-order valence-corrected chi connectivity index (χ1v) is 26.1. The fourth-order valence-electron chi connectivity index (χ4n) is 10.3. The van der Waals surface area contributed by atoms with E-state index in [0.29, 0.717) is 35.8 Å². The predicted molar refractivity (Wildman–Crippen MR) is 275 cm³/mol. The molecule has 0 aliphatic carbocycles. The number of aliphatic imine (C=N–C) groups is 1. The number of hydrogen-bond acceptors (Lipinski definition) is 17. The molecule has 70 heavy (non-hydrogen) atoms. The van der Waals surface area contributed by atoms with Gasteiger partial charge in [-0.2, -0.15) is 0 Å². The van der Waals surface area contributed by atoms with Gasteiger partial charge in [0.2, 0.25) is 5.91 Å². The second-order valence-electron chi connectivity index (χ2n) is 19.8. The Labute approximate surface area is 429 Å². The minimum absolute atomic E-state index is 0.0418. The Kier molecular flexibility index (Phi) is 19.1. The molecule has 6 heterocycles. The molecule has 1 amide bonds. The van der Waals surface area contributed by atoms with Gasteiger partial charge in [-0.15, -0.1) is 11.3 Å². The lowest BCUT2D eigenvalue weighted by Gasteiger charge is -2.49. The number of esters is 2. The largest absolute Gasteiger partial charge is 0.461 e. The topological polar surface area (TPSA) is 216 Å². The van der Waals surface area contributed by atoms with Crippen LogP contribution in [0.15, 0.2) is 64.9 Å². The van der Waals surface area contributed by atoms with Crippen molar-refractivity contribution in [1.29, 1.82) is 0 Å². The number of rotatable bonds is 11. The normalized spacial score (nSPS) is 34.8. The van der Waals surface area contributed by atoms with Crippen molar-refractivity contribution in [2.45, 2.75) is 146 Å². The molecule has 3 fully saturated rings. The zero-order valence-electron chi connectivity index (χ0n) is 42.2. The molecule has 3 aliphatic heterocycles. The molecule has 384 valence electrons. The Bertz CT molecular complexity index is 2320. The number of hydrogen-bond donors (Lipinski definition) is 2. The number of cyclic esters (lactones) is 1. The van der Waals surface area contributed by atoms with E-state index >= 15 is 0 Å². The van der Waals surface area contributed by atoms with Gasteiger partial charge in [-0.25, -0.2) is 9.98 Å². The van der Waals surface area contributed by atoms with E-state index < -0.39 is 87.4 Å². The monoisotopic (exact) mass is 1100 g/mol. The number of nitrogens with two attached hydrogens (primary N) is 1. The molecular weight excluding hydrogens is 1030 g/mol. The molecule has 19 heteroatoms. The number of pyridine rings is 2. The van der Waals surface area contributed by atoms with Gasteiger partial charge in [0.1, 0.15) is 23.6 Å². The van der Waals surface area contributed by atoms with Crippen molar-refractivity contribution >= 4 is 69.0 Å². The summed E-state index contributed by atoms with van der Waals surface area (Å²) in [6.07, 6.45) is -1.02. The van der Waals surface area contributed by atoms with Gasteiger partial charge in [0.05, 0.1) is 58.7 Å². The second-order valence-corrected chi connectivity index (χ2v) is 22.1. The number of fused-ring (bicyclic) bond motifs is 5. The summed E-state index contributed by atoms with van der Waals surface area (Å²) in [4.78, 5) is 65.3. The van der Waals surface area contributed by atoms with Crippen LogP contribution in [0.4, 0.5) is 5.82 Å². The quantitative estimate of drug-likeness (QED) is 0.0825. The van der Waals surface area contributed by atoms with Crippen LogP contribution in [0.3, 0.4) is 0 Å². The third-order valence-electron chi connectivity index (χ3n) is 14.0. The molecule has 2 bridgehead atoms. The maximum absolute atomic E-state index is 14.6. The zero-order chi connectivity index (χ0) is 51.1. The fourth-order valence-corrected chi connectivity index (χ4v) is 11.9. The summed E-state index contributed by atoms with van der Waals surface area (Å²) in [5.41, 5.74) is 5.28. The van der Waals surface area contributed by atoms with Crippen molar-refractivity contribution in [2.75, 3.05) is 33.5 Å². The third-order valence-corrected chi connectivity index (χ3v) is 16.6. The van der Waals surface area contributed by atoms with Crippen molar-refractivity contribution in [3.8, 4) is 10.6 Å². The summed E-state index contributed by atoms with van der Waals surface area (Å²) < 4.78 is 38.9. The first kappa shape index (κ1) is 55.4. The molecule has 17 nitrogen and oxygen atoms in total. The average molecular weight is 1100 g/mol. The molecule has 0 unspecified atom stereocenters. The lowest BCUT2D eigenvalue weighted by molar-refractivity contribution is -0.306. The smallest absolute Gasteiger partial charge is 0.313 e. The predicted octanol–water partition coefficient (Wildman–Crippen LogP) is 7.46. The van der Waals surface area contributed by atoms with Gasteiger partial charge < -0.3 is 49.0 Å². The number of oxime groups is 1. The number of nitrogen functional groups attached to an aromatic ring is 1. The van der Waals surface area contributed by atoms with Gasteiger partial charge in [-0.05, 0) is 138 Å². The summed E-state index contributed by atoms with van der Waals surface area (Å²) >= 11 is 3.47. The average Bonchev–Trinajstić information content (AvgIpc) is 3.78. The number of methoxy groups -OCH3 is 1. The number of anilines is 1. The Morgan fingerprint density at radius 1 is 1.04 bits per heavy atom. The van der Waals surface area contributed by atoms with Gasteiger partial charge in [0.25, 0.3) is 0 Å². The lowest BCUT2D eigenvalue weighted by atomic mass is 9.70. The number of aliphatic hydroxyl groups is 1. The highest BCUT2D eigenvalue weighted by molar-refractivity contribution is 14.1. The highest BCUT2D eigenvalue weighted by Gasteiger charge is 2.53. The van der Waals surface area contributed by atoms with Crippen LogP contribution < -0.4 is 5.73 Å². The molecule has 0 saturated carbocycles. The summed E-state index contributed by atoms with van der Waals surface area (Å²) in [6, 6.07) is 14.6. The molecule has 6 rings (SSSR count). The third kappa shape index (κ3) is 13.6. The van der Waals surface area contributed by atoms with Gasteiger partial charge >= 0.3 is 11.9 Å². The summed E-state index contributed by atoms with van der Waals surface area (Å²) in [7, 11) is 5.58. The minimum atomic E-state index is -1.68. The number of thiophene rings is 1. The first-order valence-electron chi connectivity index (χ1n) is 24.0. The van der Waals surface area contributed by atoms with Gasteiger partial charge in [0, 0.05) is 48.7 Å². The van der Waals surface area contributed by atoms with Crippen molar-refractivity contribution in [2.24, 2.45) is 39.7 Å². The Morgan fingerprint density at radius 2 is 1.80 bits per heavy atom. The van der Waals surface area contributed by atoms with Crippen LogP contribution >= 0.6 is 33.9 Å². The van der Waals surface area contributed by atoms with Gasteiger partial charge in [0.15, 0.2) is 17.0 Å². The molecule has 3 saturated heterocycles. The van der Waals surface area contributed by atoms with Crippen molar-refractivity contribution in [1.82, 2.24) is 14.9 Å². The summed E-state index contributed by atoms with van der Waals surface area (Å²) in [5.74, 6) is -4.78. The van der Waals surface area contributed by atoms with E-state index in [1.54, 1.807) is 51.4 Å². The van der Waals surface area contributed by atoms with Crippen molar-refractivity contribution < 1.29 is 52.7 Å². The maximum Gasteiger partial charge on any atom is 0.313 e. The van der Waals surface area contributed by atoms with Crippen LogP contribution in [0.25, 0.3) is 10.6 Å². The number of ether oxygens (including phenoxy) is 6. The zero-order valence-corrected chi connectivity index (χ0v) is 45.2. The molecule has 0 aromatic carbocycles. The lowest BCUT2D eigenvalue weighted by Crippen LogP contribution is -2.60. The SMILES string of the molecule is CO[C@H]1[C@H](O[C@@H]2[C@@H](C)[C@H](OC(=O)Cc3ccccn3)[C@@H](C)C(=O)O[C@H](I)[C@@](C)(O)[C@@H]3CC/C(=N\OCc4ccc(-c5cccc(N)n5)s4)CO[C@]2(C)C[C@@H](C)C(=NC(C)=O)[C@@H]3C)O[C@H](C)C[C@@H]1N(C)C. The van der Waals surface area contributed by atoms with Crippen LogP contribution in [-0.2, 0) is 60.7 Å². The van der Waals surface area contributed by atoms with Gasteiger partial charge in [-0.3, -0.25) is 19.4 Å². The van der Waals surface area contributed by atoms with Gasteiger partial charge in [-0.1, -0.05) is 38.1 Å². The molecule has 3 N–H and O–H groups in total. The standard InChI is InChI=1S/C51H71IN6O11S/c1-28-25-50(7)46(68-48-45(63-11)39(58(9)10)23-29(2)66-48)31(4)44(67-42(60)24-34-15-12-13-22-54-34)32(5)47(61)69-49(52)51(8,62)37(30(3)43(28)55-33(6)59)20-18-35(26-64-50)57-65-27-36-19-21-40(70-36)38-16-14-17-41(53)56-38/h12-17,19,21-22,28-32,37,39,44-46,48-49,62H,18,20,23-27H2,1-11H3,(H2,53,56)/b55-43?,57-35+/t28-,29-,30-,31+,32-,37-,39+,44+,45-,46-,48+,49+,50-,51+/m1/s1. The van der Waals surface area contributed by atoms with E-state index in [2.05, 4.69) is 19.9 Å². The molecule has 0 radical (unpaired) electrons. The van der Waals surface area contributed by atoms with Crippen molar-refractivity contribution in [3.63, 3.8) is 0 Å².